The smallest absolute Gasteiger partial charge is 0.252 e. The Hall–Kier alpha value is -1.07. The van der Waals surface area contributed by atoms with Gasteiger partial charge in [-0.25, -0.2) is 0 Å². The fourth-order valence-corrected chi connectivity index (χ4v) is 2.14. The van der Waals surface area contributed by atoms with Crippen LogP contribution in [0.2, 0.25) is 0 Å². The highest BCUT2D eigenvalue weighted by Gasteiger charge is 2.14. The van der Waals surface area contributed by atoms with Gasteiger partial charge in [-0.05, 0) is 47.0 Å². The lowest BCUT2D eigenvalue weighted by Crippen LogP contribution is -2.35. The van der Waals surface area contributed by atoms with Crippen molar-refractivity contribution >= 4 is 21.8 Å². The molecule has 0 saturated carbocycles. The van der Waals surface area contributed by atoms with E-state index in [2.05, 4.69) is 21.2 Å². The number of carbonyl (C=O) groups is 1. The van der Waals surface area contributed by atoms with Crippen LogP contribution < -0.4 is 10.1 Å². The first kappa shape index (κ1) is 15.0. The van der Waals surface area contributed by atoms with Gasteiger partial charge in [0.1, 0.15) is 5.75 Å². The van der Waals surface area contributed by atoms with E-state index >= 15 is 0 Å². The molecule has 100 valence electrons. The molecule has 1 unspecified atom stereocenters. The van der Waals surface area contributed by atoms with Crippen LogP contribution in [-0.2, 0) is 0 Å². The summed E-state index contributed by atoms with van der Waals surface area (Å²) in [5.41, 5.74) is 0.562. The minimum Gasteiger partial charge on any atom is -0.497 e. The number of hydrogen-bond acceptors (Lipinski definition) is 3. The van der Waals surface area contributed by atoms with E-state index in [-0.39, 0.29) is 18.6 Å². The molecule has 18 heavy (non-hydrogen) atoms. The highest BCUT2D eigenvalue weighted by Crippen LogP contribution is 2.23. The normalized spacial score (nSPS) is 12.0. The van der Waals surface area contributed by atoms with E-state index in [1.54, 1.807) is 25.3 Å². The number of rotatable bonds is 6. The molecule has 0 bridgehead atoms. The molecule has 0 aliphatic rings. The maximum atomic E-state index is 12.0. The van der Waals surface area contributed by atoms with Crippen LogP contribution in [0.25, 0.3) is 0 Å². The Labute approximate surface area is 115 Å². The van der Waals surface area contributed by atoms with E-state index in [1.807, 2.05) is 6.92 Å². The third kappa shape index (κ3) is 3.99. The second kappa shape index (κ2) is 7.38. The van der Waals surface area contributed by atoms with Crippen LogP contribution in [0.5, 0.6) is 5.75 Å². The highest BCUT2D eigenvalue weighted by atomic mass is 79.9. The molecule has 0 fully saturated rings. The van der Waals surface area contributed by atoms with Gasteiger partial charge in [0.25, 0.3) is 5.91 Å². The van der Waals surface area contributed by atoms with E-state index in [0.29, 0.717) is 22.2 Å². The summed E-state index contributed by atoms with van der Waals surface area (Å²) >= 11 is 3.35. The molecule has 0 saturated heterocycles. The zero-order valence-corrected chi connectivity index (χ0v) is 12.2. The Morgan fingerprint density at radius 1 is 1.56 bits per heavy atom. The molecule has 1 rings (SSSR count). The molecule has 0 aliphatic carbocycles. The number of carbonyl (C=O) groups excluding carboxylic acids is 1. The Kier molecular flexibility index (Phi) is 6.15. The average Bonchev–Trinajstić information content (AvgIpc) is 2.37. The predicted molar refractivity (Wildman–Crippen MR) is 73.9 cm³/mol. The maximum Gasteiger partial charge on any atom is 0.252 e. The van der Waals surface area contributed by atoms with Crippen LogP contribution in [0.15, 0.2) is 22.7 Å². The third-order valence-corrected chi connectivity index (χ3v) is 3.38. The Morgan fingerprint density at radius 3 is 2.78 bits per heavy atom. The van der Waals surface area contributed by atoms with Crippen molar-refractivity contribution in [3.63, 3.8) is 0 Å². The number of amides is 1. The van der Waals surface area contributed by atoms with Gasteiger partial charge in [0, 0.05) is 17.1 Å². The molecule has 1 amide bonds. The van der Waals surface area contributed by atoms with Gasteiger partial charge in [-0.15, -0.1) is 0 Å². The SMILES string of the molecule is CCC(CCO)NC(=O)c1ccc(OC)cc1Br. The number of methoxy groups -OCH3 is 1. The van der Waals surface area contributed by atoms with Gasteiger partial charge in [0.05, 0.1) is 12.7 Å². The molecular weight excluding hydrogens is 298 g/mol. The third-order valence-electron chi connectivity index (χ3n) is 2.73. The lowest BCUT2D eigenvalue weighted by atomic mass is 10.1. The maximum absolute atomic E-state index is 12.0. The number of hydrogen-bond donors (Lipinski definition) is 2. The van der Waals surface area contributed by atoms with Crippen molar-refractivity contribution in [2.45, 2.75) is 25.8 Å². The molecule has 0 heterocycles. The molecule has 0 spiro atoms. The summed E-state index contributed by atoms with van der Waals surface area (Å²) in [4.78, 5) is 12.0. The van der Waals surface area contributed by atoms with Crippen LogP contribution in [0.3, 0.4) is 0 Å². The topological polar surface area (TPSA) is 58.6 Å². The van der Waals surface area contributed by atoms with Crippen molar-refractivity contribution < 1.29 is 14.6 Å². The van der Waals surface area contributed by atoms with E-state index in [9.17, 15) is 4.79 Å². The lowest BCUT2D eigenvalue weighted by molar-refractivity contribution is 0.0928. The Morgan fingerprint density at radius 2 is 2.28 bits per heavy atom. The minimum absolute atomic E-state index is 0.00324. The second-order valence-electron chi connectivity index (χ2n) is 3.94. The molecule has 0 radical (unpaired) electrons. The second-order valence-corrected chi connectivity index (χ2v) is 4.79. The van der Waals surface area contributed by atoms with E-state index in [0.717, 1.165) is 6.42 Å². The number of benzene rings is 1. The molecule has 4 nitrogen and oxygen atoms in total. The standard InChI is InChI=1S/C13H18BrNO3/c1-3-9(6-7-16)15-13(17)11-5-4-10(18-2)8-12(11)14/h4-5,8-9,16H,3,6-7H2,1-2H3,(H,15,17). The van der Waals surface area contributed by atoms with Crippen LogP contribution in [0.4, 0.5) is 0 Å². The summed E-state index contributed by atoms with van der Waals surface area (Å²) in [5.74, 6) is 0.547. The van der Waals surface area contributed by atoms with Gasteiger partial charge in [-0.2, -0.15) is 0 Å². The fourth-order valence-electron chi connectivity index (χ4n) is 1.60. The predicted octanol–water partition coefficient (Wildman–Crippen LogP) is 2.35. The average molecular weight is 316 g/mol. The Balaban J connectivity index is 2.77. The quantitative estimate of drug-likeness (QED) is 0.847. The first-order valence-electron chi connectivity index (χ1n) is 5.87. The first-order valence-corrected chi connectivity index (χ1v) is 6.67. The number of halogens is 1. The molecule has 0 aromatic heterocycles. The molecule has 0 aliphatic heterocycles. The molecule has 1 atom stereocenters. The van der Waals surface area contributed by atoms with Crippen LogP contribution in [0.1, 0.15) is 30.1 Å². The van der Waals surface area contributed by atoms with Gasteiger partial charge >= 0.3 is 0 Å². The lowest BCUT2D eigenvalue weighted by Gasteiger charge is -2.16. The van der Waals surface area contributed by atoms with Crippen LogP contribution in [-0.4, -0.2) is 30.8 Å². The monoisotopic (exact) mass is 315 g/mol. The number of nitrogens with one attached hydrogen (secondary N) is 1. The molecular formula is C13H18BrNO3. The van der Waals surface area contributed by atoms with Gasteiger partial charge in [-0.1, -0.05) is 6.92 Å². The van der Waals surface area contributed by atoms with Gasteiger partial charge < -0.3 is 15.2 Å². The van der Waals surface area contributed by atoms with Crippen molar-refractivity contribution in [3.8, 4) is 5.75 Å². The van der Waals surface area contributed by atoms with Gasteiger partial charge in [0.2, 0.25) is 0 Å². The van der Waals surface area contributed by atoms with Crippen LogP contribution >= 0.6 is 15.9 Å². The minimum atomic E-state index is -0.148. The summed E-state index contributed by atoms with van der Waals surface area (Å²) in [5, 5.41) is 11.8. The van der Waals surface area contributed by atoms with Gasteiger partial charge in [-0.3, -0.25) is 4.79 Å². The number of ether oxygens (including phenoxy) is 1. The van der Waals surface area contributed by atoms with E-state index < -0.39 is 0 Å². The molecule has 1 aromatic carbocycles. The zero-order chi connectivity index (χ0) is 13.5. The zero-order valence-electron chi connectivity index (χ0n) is 10.6. The summed E-state index contributed by atoms with van der Waals surface area (Å²) in [7, 11) is 1.58. The molecule has 1 aromatic rings. The molecule has 2 N–H and O–H groups in total. The van der Waals surface area contributed by atoms with Crippen molar-refractivity contribution in [2.24, 2.45) is 0 Å². The largest absolute Gasteiger partial charge is 0.497 e. The van der Waals surface area contributed by atoms with Crippen molar-refractivity contribution in [1.29, 1.82) is 0 Å². The van der Waals surface area contributed by atoms with Crippen LogP contribution in [0, 0.1) is 0 Å². The summed E-state index contributed by atoms with van der Waals surface area (Å²) in [6.07, 6.45) is 1.36. The summed E-state index contributed by atoms with van der Waals surface area (Å²) in [6, 6.07) is 5.20. The fraction of sp³-hybridized carbons (Fsp3) is 0.462. The van der Waals surface area contributed by atoms with E-state index in [4.69, 9.17) is 9.84 Å². The number of aliphatic hydroxyl groups is 1. The van der Waals surface area contributed by atoms with Gasteiger partial charge in [0.15, 0.2) is 0 Å². The van der Waals surface area contributed by atoms with Crippen molar-refractivity contribution in [2.75, 3.05) is 13.7 Å². The summed E-state index contributed by atoms with van der Waals surface area (Å²) < 4.78 is 5.77. The highest BCUT2D eigenvalue weighted by molar-refractivity contribution is 9.10. The molecule has 5 heteroatoms. The van der Waals surface area contributed by atoms with E-state index in [1.165, 1.54) is 0 Å². The van der Waals surface area contributed by atoms with Crippen molar-refractivity contribution in [3.05, 3.63) is 28.2 Å². The number of aliphatic hydroxyl groups excluding tert-OH is 1. The van der Waals surface area contributed by atoms with Crippen molar-refractivity contribution in [1.82, 2.24) is 5.32 Å². The first-order chi connectivity index (χ1) is 8.62. The Bertz CT molecular complexity index is 409. The summed E-state index contributed by atoms with van der Waals surface area (Å²) in [6.45, 7) is 2.05.